The molecule has 3 heteroatoms. The van der Waals surface area contributed by atoms with Gasteiger partial charge in [0.25, 0.3) is 0 Å². The van der Waals surface area contributed by atoms with Gasteiger partial charge in [0, 0.05) is 13.1 Å². The van der Waals surface area contributed by atoms with Gasteiger partial charge in [-0.1, -0.05) is 19.1 Å². The Bertz CT molecular complexity index is 427. The fourth-order valence-electron chi connectivity index (χ4n) is 3.28. The van der Waals surface area contributed by atoms with Crippen molar-refractivity contribution in [2.24, 2.45) is 5.92 Å². The van der Waals surface area contributed by atoms with Crippen LogP contribution in [0.5, 0.6) is 5.75 Å². The molecule has 0 bridgehead atoms. The Morgan fingerprint density at radius 3 is 2.67 bits per heavy atom. The molecule has 0 unspecified atom stereocenters. The van der Waals surface area contributed by atoms with E-state index in [9.17, 15) is 0 Å². The number of piperidine rings is 1. The van der Waals surface area contributed by atoms with Crippen LogP contribution in [0.2, 0.25) is 0 Å². The number of benzene rings is 1. The van der Waals surface area contributed by atoms with E-state index in [0.29, 0.717) is 0 Å². The van der Waals surface area contributed by atoms with Gasteiger partial charge in [-0.2, -0.15) is 0 Å². The van der Waals surface area contributed by atoms with Crippen LogP contribution < -0.4 is 10.1 Å². The Morgan fingerprint density at radius 2 is 2.05 bits per heavy atom. The minimum absolute atomic E-state index is 0.858. The van der Waals surface area contributed by atoms with E-state index in [-0.39, 0.29) is 0 Å². The van der Waals surface area contributed by atoms with Crippen LogP contribution in [-0.4, -0.2) is 38.2 Å². The summed E-state index contributed by atoms with van der Waals surface area (Å²) in [5.41, 5.74) is 2.63. The highest BCUT2D eigenvalue weighted by atomic mass is 16.5. The summed E-state index contributed by atoms with van der Waals surface area (Å²) in [5, 5.41) is 3.46. The van der Waals surface area contributed by atoms with E-state index in [4.69, 9.17) is 4.74 Å². The van der Waals surface area contributed by atoms with E-state index < -0.39 is 0 Å². The van der Waals surface area contributed by atoms with Crippen LogP contribution in [0, 0.1) is 12.8 Å². The van der Waals surface area contributed by atoms with Gasteiger partial charge in [-0.15, -0.1) is 0 Å². The fraction of sp³-hybridized carbons (Fsp3) is 0.667. The van der Waals surface area contributed by atoms with Crippen LogP contribution >= 0.6 is 0 Å². The van der Waals surface area contributed by atoms with E-state index in [1.165, 1.54) is 56.6 Å². The van der Waals surface area contributed by atoms with Crippen molar-refractivity contribution in [2.75, 3.05) is 33.3 Å². The van der Waals surface area contributed by atoms with Gasteiger partial charge in [0.1, 0.15) is 5.75 Å². The highest BCUT2D eigenvalue weighted by molar-refractivity contribution is 5.36. The predicted molar refractivity (Wildman–Crippen MR) is 88.9 cm³/mol. The average Bonchev–Trinajstić information content (AvgIpc) is 2.49. The maximum atomic E-state index is 5.35. The molecule has 1 heterocycles. The molecular formula is C18H30N2O. The summed E-state index contributed by atoms with van der Waals surface area (Å²) in [5.74, 6) is 1.84. The maximum Gasteiger partial charge on any atom is 0.121 e. The molecule has 1 saturated heterocycles. The topological polar surface area (TPSA) is 24.5 Å². The number of hydrogen-bond acceptors (Lipinski definition) is 3. The van der Waals surface area contributed by atoms with Crippen molar-refractivity contribution in [1.82, 2.24) is 10.2 Å². The molecule has 0 atom stereocenters. The van der Waals surface area contributed by atoms with Crippen LogP contribution in [-0.2, 0) is 6.54 Å². The third-order valence-electron chi connectivity index (χ3n) is 4.38. The summed E-state index contributed by atoms with van der Waals surface area (Å²) in [6.45, 7) is 10.3. The molecule has 118 valence electrons. The first-order chi connectivity index (χ1) is 10.2. The second-order valence-corrected chi connectivity index (χ2v) is 6.23. The van der Waals surface area contributed by atoms with Crippen molar-refractivity contribution in [3.63, 3.8) is 0 Å². The lowest BCUT2D eigenvalue weighted by molar-refractivity contribution is 0.199. The largest absolute Gasteiger partial charge is 0.496 e. The van der Waals surface area contributed by atoms with Gasteiger partial charge in [0.15, 0.2) is 0 Å². The highest BCUT2D eigenvalue weighted by Crippen LogP contribution is 2.21. The SMILES string of the molecule is CCCN(Cc1ccc(OC)c(C)c1)CC1CCNCC1. The lowest BCUT2D eigenvalue weighted by Gasteiger charge is -2.30. The molecule has 2 rings (SSSR count). The lowest BCUT2D eigenvalue weighted by Crippen LogP contribution is -2.36. The lowest BCUT2D eigenvalue weighted by atomic mass is 9.97. The standard InChI is InChI=1S/C18H30N2O/c1-4-11-20(13-16-7-9-19-10-8-16)14-17-5-6-18(21-3)15(2)12-17/h5-6,12,16,19H,4,7-11,13-14H2,1-3H3. The minimum Gasteiger partial charge on any atom is -0.496 e. The van der Waals surface area contributed by atoms with Crippen molar-refractivity contribution >= 4 is 0 Å². The molecule has 1 aliphatic heterocycles. The van der Waals surface area contributed by atoms with Crippen molar-refractivity contribution in [3.8, 4) is 5.75 Å². The molecule has 1 aromatic rings. The highest BCUT2D eigenvalue weighted by Gasteiger charge is 2.17. The molecule has 1 fully saturated rings. The van der Waals surface area contributed by atoms with Crippen molar-refractivity contribution in [3.05, 3.63) is 29.3 Å². The van der Waals surface area contributed by atoms with Crippen LogP contribution in [0.4, 0.5) is 0 Å². The van der Waals surface area contributed by atoms with Gasteiger partial charge < -0.3 is 10.1 Å². The smallest absolute Gasteiger partial charge is 0.121 e. The Balaban J connectivity index is 1.96. The molecule has 0 aliphatic carbocycles. The third-order valence-corrected chi connectivity index (χ3v) is 4.38. The maximum absolute atomic E-state index is 5.35. The van der Waals surface area contributed by atoms with Crippen LogP contribution in [0.25, 0.3) is 0 Å². The second-order valence-electron chi connectivity index (χ2n) is 6.23. The average molecular weight is 290 g/mol. The van der Waals surface area contributed by atoms with E-state index in [1.54, 1.807) is 7.11 Å². The number of methoxy groups -OCH3 is 1. The normalized spacial score (nSPS) is 16.4. The van der Waals surface area contributed by atoms with Gasteiger partial charge in [0.2, 0.25) is 0 Å². The van der Waals surface area contributed by atoms with Crippen LogP contribution in [0.3, 0.4) is 0 Å². The molecular weight excluding hydrogens is 260 g/mol. The van der Waals surface area contributed by atoms with Crippen LogP contribution in [0.15, 0.2) is 18.2 Å². The molecule has 21 heavy (non-hydrogen) atoms. The number of ether oxygens (including phenoxy) is 1. The third kappa shape index (κ3) is 5.01. The number of nitrogens with zero attached hydrogens (tertiary/aromatic N) is 1. The van der Waals surface area contributed by atoms with Gasteiger partial charge in [-0.05, 0) is 68.9 Å². The molecule has 0 saturated carbocycles. The first-order valence-electron chi connectivity index (χ1n) is 8.29. The summed E-state index contributed by atoms with van der Waals surface area (Å²) in [7, 11) is 1.74. The van der Waals surface area contributed by atoms with Crippen molar-refractivity contribution in [1.29, 1.82) is 0 Å². The number of nitrogens with one attached hydrogen (secondary N) is 1. The molecule has 0 aromatic heterocycles. The van der Waals surface area contributed by atoms with Crippen LogP contribution in [0.1, 0.15) is 37.3 Å². The first kappa shape index (κ1) is 16.3. The predicted octanol–water partition coefficient (Wildman–Crippen LogP) is 3.22. The quantitative estimate of drug-likeness (QED) is 0.834. The van der Waals surface area contributed by atoms with E-state index in [2.05, 4.69) is 42.3 Å². The summed E-state index contributed by atoms with van der Waals surface area (Å²) >= 11 is 0. The minimum atomic E-state index is 0.858. The fourth-order valence-corrected chi connectivity index (χ4v) is 3.28. The first-order valence-corrected chi connectivity index (χ1v) is 8.29. The summed E-state index contributed by atoms with van der Waals surface area (Å²) in [4.78, 5) is 2.62. The summed E-state index contributed by atoms with van der Waals surface area (Å²) in [6, 6.07) is 6.57. The van der Waals surface area contributed by atoms with E-state index >= 15 is 0 Å². The molecule has 0 amide bonds. The summed E-state index contributed by atoms with van der Waals surface area (Å²) in [6.07, 6.45) is 3.86. The Morgan fingerprint density at radius 1 is 1.29 bits per heavy atom. The Kier molecular flexibility index (Phi) is 6.52. The van der Waals surface area contributed by atoms with E-state index in [0.717, 1.165) is 18.2 Å². The zero-order valence-electron chi connectivity index (χ0n) is 13.8. The number of rotatable bonds is 7. The number of hydrogen-bond donors (Lipinski definition) is 1. The zero-order chi connectivity index (χ0) is 15.1. The Hall–Kier alpha value is -1.06. The van der Waals surface area contributed by atoms with Crippen molar-refractivity contribution < 1.29 is 4.74 Å². The van der Waals surface area contributed by atoms with Gasteiger partial charge in [-0.25, -0.2) is 0 Å². The van der Waals surface area contributed by atoms with Gasteiger partial charge in [-0.3, -0.25) is 4.90 Å². The molecule has 0 spiro atoms. The van der Waals surface area contributed by atoms with Gasteiger partial charge in [0.05, 0.1) is 7.11 Å². The van der Waals surface area contributed by atoms with Gasteiger partial charge >= 0.3 is 0 Å². The molecule has 1 N–H and O–H groups in total. The number of aryl methyl sites for hydroxylation is 1. The monoisotopic (exact) mass is 290 g/mol. The molecule has 1 aromatic carbocycles. The van der Waals surface area contributed by atoms with E-state index in [1.807, 2.05) is 0 Å². The Labute approximate surface area is 129 Å². The molecule has 0 radical (unpaired) electrons. The molecule has 1 aliphatic rings. The second kappa shape index (κ2) is 8.40. The zero-order valence-corrected chi connectivity index (χ0v) is 13.8. The summed E-state index contributed by atoms with van der Waals surface area (Å²) < 4.78 is 5.35. The molecule has 3 nitrogen and oxygen atoms in total. The van der Waals surface area contributed by atoms with Crippen molar-refractivity contribution in [2.45, 2.75) is 39.7 Å².